The van der Waals surface area contributed by atoms with Crippen molar-refractivity contribution >= 4 is 17.3 Å². The minimum atomic E-state index is -0.778. The van der Waals surface area contributed by atoms with E-state index in [4.69, 9.17) is 0 Å². The minimum absolute atomic E-state index is 0.126. The van der Waals surface area contributed by atoms with Crippen LogP contribution in [0.25, 0.3) is 5.69 Å². The van der Waals surface area contributed by atoms with E-state index in [1.807, 2.05) is 0 Å². The quantitative estimate of drug-likeness (QED) is 0.545. The Kier molecular flexibility index (Phi) is 4.44. The van der Waals surface area contributed by atoms with Crippen molar-refractivity contribution in [3.8, 4) is 5.69 Å². The van der Waals surface area contributed by atoms with Gasteiger partial charge in [-0.1, -0.05) is 18.2 Å². The summed E-state index contributed by atoms with van der Waals surface area (Å²) in [7, 11) is 0. The number of nitro groups is 1. The molecule has 0 aliphatic rings. The van der Waals surface area contributed by atoms with Crippen LogP contribution in [0.3, 0.4) is 0 Å². The first-order chi connectivity index (χ1) is 12.5. The lowest BCUT2D eigenvalue weighted by Crippen LogP contribution is -2.38. The molecule has 2 aromatic carbocycles. The Labute approximate surface area is 145 Å². The van der Waals surface area contributed by atoms with E-state index < -0.39 is 22.1 Å². The van der Waals surface area contributed by atoms with Crippen molar-refractivity contribution in [1.82, 2.24) is 9.55 Å². The number of H-pyrrole nitrogens is 1. The summed E-state index contributed by atoms with van der Waals surface area (Å²) >= 11 is 0. The van der Waals surface area contributed by atoms with E-state index in [0.29, 0.717) is 5.69 Å². The summed E-state index contributed by atoms with van der Waals surface area (Å²) in [6.45, 7) is 0. The number of carbonyl (C=O) groups is 1. The fraction of sp³-hybridized carbons (Fsp3) is 0. The normalized spacial score (nSPS) is 10.3. The SMILES string of the molecule is O=C(Nc1ccc([N+](=O)[O-])cc1)c1c[nH]c(=O)n(-c2ccccc2)c1=O. The van der Waals surface area contributed by atoms with Crippen molar-refractivity contribution < 1.29 is 9.72 Å². The number of rotatable bonds is 4. The molecule has 0 radical (unpaired) electrons. The van der Waals surface area contributed by atoms with Gasteiger partial charge >= 0.3 is 5.69 Å². The standard InChI is InChI=1S/C17H12N4O5/c22-15(19-11-6-8-13(9-7-11)21(25)26)14-10-18-17(24)20(16(14)23)12-4-2-1-3-5-12/h1-10H,(H,18,24)(H,19,22). The van der Waals surface area contributed by atoms with Gasteiger partial charge in [0, 0.05) is 24.0 Å². The van der Waals surface area contributed by atoms with Gasteiger partial charge in [-0.25, -0.2) is 9.36 Å². The average Bonchev–Trinajstić information content (AvgIpc) is 2.63. The molecule has 0 atom stereocenters. The second-order valence-electron chi connectivity index (χ2n) is 5.24. The predicted molar refractivity (Wildman–Crippen MR) is 93.7 cm³/mol. The number of anilines is 1. The van der Waals surface area contributed by atoms with Crippen molar-refractivity contribution in [3.05, 3.63) is 97.3 Å². The molecule has 0 spiro atoms. The highest BCUT2D eigenvalue weighted by atomic mass is 16.6. The van der Waals surface area contributed by atoms with Crippen molar-refractivity contribution in [2.75, 3.05) is 5.32 Å². The number of carbonyl (C=O) groups excluding carboxylic acids is 1. The number of amides is 1. The van der Waals surface area contributed by atoms with Crippen molar-refractivity contribution in [2.45, 2.75) is 0 Å². The Morgan fingerprint density at radius 1 is 1.04 bits per heavy atom. The number of nitro benzene ring substituents is 1. The Hall–Kier alpha value is -4.01. The molecule has 1 aromatic heterocycles. The molecule has 2 N–H and O–H groups in total. The van der Waals surface area contributed by atoms with Gasteiger partial charge in [0.15, 0.2) is 0 Å². The molecule has 1 amide bonds. The van der Waals surface area contributed by atoms with Crippen LogP contribution < -0.4 is 16.6 Å². The molecule has 0 aliphatic heterocycles. The van der Waals surface area contributed by atoms with Gasteiger partial charge in [0.25, 0.3) is 17.2 Å². The minimum Gasteiger partial charge on any atom is -0.322 e. The molecule has 9 nitrogen and oxygen atoms in total. The van der Waals surface area contributed by atoms with E-state index in [2.05, 4.69) is 10.3 Å². The fourth-order valence-electron chi connectivity index (χ4n) is 2.31. The number of hydrogen-bond donors (Lipinski definition) is 2. The van der Waals surface area contributed by atoms with Gasteiger partial charge < -0.3 is 10.3 Å². The Morgan fingerprint density at radius 2 is 1.69 bits per heavy atom. The highest BCUT2D eigenvalue weighted by molar-refractivity contribution is 6.03. The molecule has 1 heterocycles. The first-order valence-electron chi connectivity index (χ1n) is 7.43. The van der Waals surface area contributed by atoms with Crippen molar-refractivity contribution in [2.24, 2.45) is 0 Å². The van der Waals surface area contributed by atoms with E-state index >= 15 is 0 Å². The van der Waals surface area contributed by atoms with Crippen molar-refractivity contribution in [3.63, 3.8) is 0 Å². The predicted octanol–water partition coefficient (Wildman–Crippen LogP) is 1.69. The van der Waals surface area contributed by atoms with Crippen LogP contribution in [0.2, 0.25) is 0 Å². The van der Waals surface area contributed by atoms with Gasteiger partial charge in [-0.05, 0) is 24.3 Å². The first kappa shape index (κ1) is 16.8. The number of nitrogens with one attached hydrogen (secondary N) is 2. The molecule has 0 saturated carbocycles. The monoisotopic (exact) mass is 352 g/mol. The van der Waals surface area contributed by atoms with Crippen LogP contribution in [-0.4, -0.2) is 20.4 Å². The third-order valence-corrected chi connectivity index (χ3v) is 3.57. The van der Waals surface area contributed by atoms with Gasteiger partial charge in [-0.3, -0.25) is 19.7 Å². The largest absolute Gasteiger partial charge is 0.333 e. The molecule has 9 heteroatoms. The molecule has 0 fully saturated rings. The number of para-hydroxylation sites is 1. The molecule has 3 aromatic rings. The van der Waals surface area contributed by atoms with Crippen LogP contribution in [0.5, 0.6) is 0 Å². The number of benzene rings is 2. The molecule has 0 bridgehead atoms. The van der Waals surface area contributed by atoms with Gasteiger partial charge in [-0.15, -0.1) is 0 Å². The van der Waals surface area contributed by atoms with Gasteiger partial charge in [0.05, 0.1) is 10.6 Å². The van der Waals surface area contributed by atoms with Crippen LogP contribution in [0, 0.1) is 10.1 Å². The summed E-state index contributed by atoms with van der Waals surface area (Å²) in [5.74, 6) is -0.746. The summed E-state index contributed by atoms with van der Waals surface area (Å²) in [5, 5.41) is 13.1. The second-order valence-corrected chi connectivity index (χ2v) is 5.24. The zero-order chi connectivity index (χ0) is 18.7. The van der Waals surface area contributed by atoms with Crippen LogP contribution in [0.4, 0.5) is 11.4 Å². The zero-order valence-electron chi connectivity index (χ0n) is 13.2. The third kappa shape index (κ3) is 3.26. The molecule has 0 saturated heterocycles. The van der Waals surface area contributed by atoms with E-state index in [0.717, 1.165) is 10.8 Å². The maximum absolute atomic E-state index is 12.6. The highest BCUT2D eigenvalue weighted by Crippen LogP contribution is 2.15. The average molecular weight is 352 g/mol. The lowest BCUT2D eigenvalue weighted by Gasteiger charge is -2.08. The van der Waals surface area contributed by atoms with E-state index in [-0.39, 0.29) is 16.9 Å². The molecule has 3 rings (SSSR count). The first-order valence-corrected chi connectivity index (χ1v) is 7.43. The lowest BCUT2D eigenvalue weighted by molar-refractivity contribution is -0.384. The maximum atomic E-state index is 12.6. The second kappa shape index (κ2) is 6.85. The Bertz CT molecular complexity index is 1080. The number of aromatic nitrogens is 2. The van der Waals surface area contributed by atoms with Gasteiger partial charge in [-0.2, -0.15) is 0 Å². The Balaban J connectivity index is 1.94. The van der Waals surface area contributed by atoms with Gasteiger partial charge in [0.1, 0.15) is 5.56 Å². The molecule has 0 aliphatic carbocycles. The summed E-state index contributed by atoms with van der Waals surface area (Å²) < 4.78 is 0.852. The van der Waals surface area contributed by atoms with Crippen LogP contribution in [0.1, 0.15) is 10.4 Å². The zero-order valence-corrected chi connectivity index (χ0v) is 13.2. The lowest BCUT2D eigenvalue weighted by atomic mass is 10.2. The fourth-order valence-corrected chi connectivity index (χ4v) is 2.31. The van der Waals surface area contributed by atoms with Crippen molar-refractivity contribution in [1.29, 1.82) is 0 Å². The topological polar surface area (TPSA) is 127 Å². The molecule has 26 heavy (non-hydrogen) atoms. The number of hydrogen-bond acceptors (Lipinski definition) is 5. The molecule has 0 unspecified atom stereocenters. The molecule has 130 valence electrons. The smallest absolute Gasteiger partial charge is 0.322 e. The summed E-state index contributed by atoms with van der Waals surface area (Å²) in [6.07, 6.45) is 1.03. The molecular weight excluding hydrogens is 340 g/mol. The van der Waals surface area contributed by atoms with E-state index in [9.17, 15) is 24.5 Å². The Morgan fingerprint density at radius 3 is 2.31 bits per heavy atom. The molecular formula is C17H12N4O5. The third-order valence-electron chi connectivity index (χ3n) is 3.57. The van der Waals surface area contributed by atoms with Crippen LogP contribution in [-0.2, 0) is 0 Å². The number of aromatic amines is 1. The number of non-ortho nitro benzene ring substituents is 1. The number of nitrogens with zero attached hydrogens (tertiary/aromatic N) is 2. The highest BCUT2D eigenvalue weighted by Gasteiger charge is 2.16. The summed E-state index contributed by atoms with van der Waals surface area (Å²) in [6, 6.07) is 13.3. The van der Waals surface area contributed by atoms with Gasteiger partial charge in [0.2, 0.25) is 0 Å². The maximum Gasteiger partial charge on any atom is 0.333 e. The van der Waals surface area contributed by atoms with E-state index in [1.54, 1.807) is 30.3 Å². The van der Waals surface area contributed by atoms with Crippen LogP contribution >= 0.6 is 0 Å². The summed E-state index contributed by atoms with van der Waals surface area (Å²) in [4.78, 5) is 49.4. The summed E-state index contributed by atoms with van der Waals surface area (Å²) in [5.41, 5.74) is -1.25. The van der Waals surface area contributed by atoms with E-state index in [1.165, 1.54) is 24.3 Å². The van der Waals surface area contributed by atoms with Crippen LogP contribution in [0.15, 0.2) is 70.4 Å².